The number of halogens is 1. The van der Waals surface area contributed by atoms with Gasteiger partial charge in [-0.05, 0) is 31.0 Å². The summed E-state index contributed by atoms with van der Waals surface area (Å²) in [6.07, 6.45) is 1.61. The fourth-order valence-corrected chi connectivity index (χ4v) is 5.39. The summed E-state index contributed by atoms with van der Waals surface area (Å²) in [6, 6.07) is 7.24. The smallest absolute Gasteiger partial charge is 0.260 e. The topological polar surface area (TPSA) is 72.0 Å². The first-order valence-electron chi connectivity index (χ1n) is 8.98. The Hall–Kier alpha value is -1.48. The number of Topliss-reactive ketones (excluding diaryl/α,β-unsaturated/α-hetero) is 1. The van der Waals surface area contributed by atoms with E-state index in [1.54, 1.807) is 12.1 Å². The fourth-order valence-electron chi connectivity index (χ4n) is 3.21. The lowest BCUT2D eigenvalue weighted by Gasteiger charge is -2.32. The summed E-state index contributed by atoms with van der Waals surface area (Å²) < 4.78 is 6.92. The third-order valence-electron chi connectivity index (χ3n) is 5.08. The fraction of sp³-hybridized carbons (Fsp3) is 0.350. The third kappa shape index (κ3) is 3.83. The lowest BCUT2D eigenvalue weighted by molar-refractivity contribution is -0.0543. The zero-order chi connectivity index (χ0) is 19.9. The number of carbonyl (C=O) groups is 1. The quantitative estimate of drug-likeness (QED) is 0.318. The van der Waals surface area contributed by atoms with E-state index in [9.17, 15) is 9.59 Å². The van der Waals surface area contributed by atoms with Gasteiger partial charge in [-0.1, -0.05) is 46.7 Å². The zero-order valence-electron chi connectivity index (χ0n) is 15.5. The molecule has 5 nitrogen and oxygen atoms in total. The van der Waals surface area contributed by atoms with E-state index in [4.69, 9.17) is 4.74 Å². The van der Waals surface area contributed by atoms with Gasteiger partial charge >= 0.3 is 0 Å². The summed E-state index contributed by atoms with van der Waals surface area (Å²) in [5.74, 6) is 0.218. The van der Waals surface area contributed by atoms with E-state index in [2.05, 4.69) is 39.7 Å². The maximum absolute atomic E-state index is 12.8. The van der Waals surface area contributed by atoms with Gasteiger partial charge in [0.1, 0.15) is 4.83 Å². The van der Waals surface area contributed by atoms with Gasteiger partial charge in [0.15, 0.2) is 10.9 Å². The Morgan fingerprint density at radius 3 is 2.86 bits per heavy atom. The van der Waals surface area contributed by atoms with Gasteiger partial charge in [-0.2, -0.15) is 0 Å². The number of benzene rings is 1. The second kappa shape index (κ2) is 7.74. The number of ketones is 1. The highest BCUT2D eigenvalue weighted by Crippen LogP contribution is 2.38. The van der Waals surface area contributed by atoms with Crippen LogP contribution in [0.1, 0.15) is 41.1 Å². The molecule has 0 spiro atoms. The lowest BCUT2D eigenvalue weighted by atomic mass is 9.90. The van der Waals surface area contributed by atoms with Crippen LogP contribution in [0.4, 0.5) is 0 Å². The Kier molecular flexibility index (Phi) is 5.48. The summed E-state index contributed by atoms with van der Waals surface area (Å²) in [5, 5.41) is 1.15. The highest BCUT2D eigenvalue weighted by Gasteiger charge is 2.33. The number of carbonyl (C=O) groups excluding carboxylic acids is 1. The molecule has 1 N–H and O–H groups in total. The molecule has 146 valence electrons. The van der Waals surface area contributed by atoms with Crippen molar-refractivity contribution in [3.63, 3.8) is 0 Å². The maximum atomic E-state index is 12.8. The Morgan fingerprint density at radius 1 is 1.39 bits per heavy atom. The minimum absolute atomic E-state index is 0.00201. The Morgan fingerprint density at radius 2 is 2.14 bits per heavy atom. The highest BCUT2D eigenvalue weighted by atomic mass is 79.9. The second-order valence-corrected chi connectivity index (χ2v) is 10.0. The number of aromatic nitrogens is 2. The van der Waals surface area contributed by atoms with Gasteiger partial charge in [0.05, 0.1) is 23.3 Å². The SMILES string of the molecule is CCC1(C)Cc2c(sc3nc(SCC(=O)c4ccc(Br)cc4)[nH]c(=O)c23)CO1. The summed E-state index contributed by atoms with van der Waals surface area (Å²) in [5.41, 5.74) is 1.33. The number of nitrogens with zero attached hydrogens (tertiary/aromatic N) is 1. The molecule has 4 rings (SSSR count). The maximum Gasteiger partial charge on any atom is 0.260 e. The Bertz CT molecular complexity index is 1110. The molecule has 1 unspecified atom stereocenters. The first-order chi connectivity index (χ1) is 13.4. The van der Waals surface area contributed by atoms with Crippen LogP contribution in [-0.4, -0.2) is 27.1 Å². The number of fused-ring (bicyclic) bond motifs is 3. The molecule has 1 aliphatic rings. The van der Waals surface area contributed by atoms with Crippen LogP contribution in [-0.2, 0) is 17.8 Å². The number of H-pyrrole nitrogens is 1. The first kappa shape index (κ1) is 19.8. The number of ether oxygens (including phenoxy) is 1. The van der Waals surface area contributed by atoms with Crippen LogP contribution in [0.15, 0.2) is 38.7 Å². The number of aromatic amines is 1. The highest BCUT2D eigenvalue weighted by molar-refractivity contribution is 9.10. The van der Waals surface area contributed by atoms with E-state index < -0.39 is 0 Å². The van der Waals surface area contributed by atoms with E-state index in [0.29, 0.717) is 22.7 Å². The molecule has 0 fully saturated rings. The van der Waals surface area contributed by atoms with Crippen LogP contribution in [0, 0.1) is 0 Å². The molecule has 8 heteroatoms. The molecule has 0 saturated carbocycles. The molecule has 1 aromatic carbocycles. The number of thiophene rings is 1. The molecule has 0 amide bonds. The van der Waals surface area contributed by atoms with Crippen LogP contribution in [0.5, 0.6) is 0 Å². The van der Waals surface area contributed by atoms with Gasteiger partial charge in [0.25, 0.3) is 5.56 Å². The molecular weight excluding hydrogens is 460 g/mol. The molecule has 0 radical (unpaired) electrons. The van der Waals surface area contributed by atoms with Crippen molar-refractivity contribution in [1.82, 2.24) is 9.97 Å². The minimum atomic E-state index is -0.238. The molecule has 0 aliphatic carbocycles. The average Bonchev–Trinajstić information content (AvgIpc) is 3.04. The Balaban J connectivity index is 1.58. The standard InChI is InChI=1S/C20H19BrN2O3S2/c1-3-20(2)8-13-15(9-26-20)28-18-16(13)17(25)22-19(23-18)27-10-14(24)11-4-6-12(21)7-5-11/h4-7H,3,8-10H2,1-2H3,(H,22,23,25). The van der Waals surface area contributed by atoms with Gasteiger partial charge in [0, 0.05) is 21.3 Å². The zero-order valence-corrected chi connectivity index (χ0v) is 18.7. The van der Waals surface area contributed by atoms with E-state index in [-0.39, 0.29) is 22.7 Å². The first-order valence-corrected chi connectivity index (χ1v) is 11.6. The van der Waals surface area contributed by atoms with E-state index in [1.165, 1.54) is 23.1 Å². The number of hydrogen-bond donors (Lipinski definition) is 1. The van der Waals surface area contributed by atoms with Gasteiger partial charge in [-0.25, -0.2) is 4.98 Å². The number of rotatable bonds is 5. The molecule has 0 saturated heterocycles. The predicted octanol–water partition coefficient (Wildman–Crippen LogP) is 4.96. The largest absolute Gasteiger partial charge is 0.369 e. The molecule has 1 aliphatic heterocycles. The van der Waals surface area contributed by atoms with Crippen LogP contribution in [0.25, 0.3) is 10.2 Å². The number of hydrogen-bond acceptors (Lipinski definition) is 6. The van der Waals surface area contributed by atoms with Crippen LogP contribution in [0.2, 0.25) is 0 Å². The third-order valence-corrected chi connectivity index (χ3v) is 7.58. The summed E-state index contributed by atoms with van der Waals surface area (Å²) in [7, 11) is 0. The van der Waals surface area contributed by atoms with Crippen molar-refractivity contribution in [2.24, 2.45) is 0 Å². The molecule has 28 heavy (non-hydrogen) atoms. The van der Waals surface area contributed by atoms with E-state index >= 15 is 0 Å². The molecule has 0 bridgehead atoms. The molecule has 3 aromatic rings. The van der Waals surface area contributed by atoms with Gasteiger partial charge in [-0.3, -0.25) is 9.59 Å². The van der Waals surface area contributed by atoms with Crippen molar-refractivity contribution < 1.29 is 9.53 Å². The van der Waals surface area contributed by atoms with Gasteiger partial charge in [-0.15, -0.1) is 11.3 Å². The second-order valence-electron chi connectivity index (χ2n) is 7.04. The van der Waals surface area contributed by atoms with Crippen molar-refractivity contribution in [2.45, 2.75) is 44.1 Å². The summed E-state index contributed by atoms with van der Waals surface area (Å²) >= 11 is 6.13. The number of thioether (sulfide) groups is 1. The van der Waals surface area contributed by atoms with Gasteiger partial charge < -0.3 is 9.72 Å². The van der Waals surface area contributed by atoms with E-state index in [1.807, 2.05) is 12.1 Å². The van der Waals surface area contributed by atoms with Crippen molar-refractivity contribution in [3.8, 4) is 0 Å². The average molecular weight is 479 g/mol. The normalized spacial score (nSPS) is 19.0. The monoisotopic (exact) mass is 478 g/mol. The summed E-state index contributed by atoms with van der Waals surface area (Å²) in [6.45, 7) is 4.70. The van der Waals surface area contributed by atoms with Crippen molar-refractivity contribution in [2.75, 3.05) is 5.75 Å². The molecule has 2 aromatic heterocycles. The predicted molar refractivity (Wildman–Crippen MR) is 117 cm³/mol. The van der Waals surface area contributed by atoms with Crippen LogP contribution in [0.3, 0.4) is 0 Å². The van der Waals surface area contributed by atoms with Crippen molar-refractivity contribution in [3.05, 3.63) is 55.1 Å². The van der Waals surface area contributed by atoms with Crippen LogP contribution < -0.4 is 5.56 Å². The van der Waals surface area contributed by atoms with E-state index in [0.717, 1.165) is 32.6 Å². The Labute approximate surface area is 179 Å². The van der Waals surface area contributed by atoms with Crippen molar-refractivity contribution >= 4 is 55.0 Å². The number of nitrogens with one attached hydrogen (secondary N) is 1. The van der Waals surface area contributed by atoms with Gasteiger partial charge in [0.2, 0.25) is 0 Å². The molecule has 3 heterocycles. The van der Waals surface area contributed by atoms with Crippen molar-refractivity contribution in [1.29, 1.82) is 0 Å². The molecular formula is C20H19BrN2O3S2. The minimum Gasteiger partial charge on any atom is -0.369 e. The molecule has 1 atom stereocenters. The van der Waals surface area contributed by atoms with Crippen LogP contribution >= 0.6 is 39.0 Å². The summed E-state index contributed by atoms with van der Waals surface area (Å²) in [4.78, 5) is 34.4. The lowest BCUT2D eigenvalue weighted by Crippen LogP contribution is -2.34.